The van der Waals surface area contributed by atoms with Crippen LogP contribution >= 0.6 is 11.6 Å². The molecule has 0 bridgehead atoms. The van der Waals surface area contributed by atoms with E-state index in [1.165, 1.54) is 0 Å². The number of carbonyl (C=O) groups excluding carboxylic acids is 2. The first kappa shape index (κ1) is 16.6. The van der Waals surface area contributed by atoms with E-state index >= 15 is 0 Å². The fourth-order valence-corrected chi connectivity index (χ4v) is 2.52. The first-order chi connectivity index (χ1) is 10.3. The van der Waals surface area contributed by atoms with Gasteiger partial charge in [-0.2, -0.15) is 13.2 Å². The molecule has 1 N–H and O–H groups in total. The summed E-state index contributed by atoms with van der Waals surface area (Å²) in [5.41, 5.74) is 0.534. The van der Waals surface area contributed by atoms with Crippen LogP contribution < -0.4 is 5.32 Å². The predicted molar refractivity (Wildman–Crippen MR) is 75.4 cm³/mol. The Bertz CT molecular complexity index is 569. The highest BCUT2D eigenvalue weighted by atomic mass is 35.5. The monoisotopic (exact) mass is 334 g/mol. The van der Waals surface area contributed by atoms with Gasteiger partial charge in [0.05, 0.1) is 0 Å². The third-order valence-corrected chi connectivity index (χ3v) is 3.72. The molecule has 1 aromatic carbocycles. The van der Waals surface area contributed by atoms with Gasteiger partial charge in [0.2, 0.25) is 5.91 Å². The van der Waals surface area contributed by atoms with Crippen LogP contribution in [-0.4, -0.2) is 36.0 Å². The van der Waals surface area contributed by atoms with Crippen molar-refractivity contribution >= 4 is 29.1 Å². The van der Waals surface area contributed by atoms with Crippen molar-refractivity contribution in [3.05, 3.63) is 29.3 Å². The molecule has 0 atom stereocenters. The third-order valence-electron chi connectivity index (χ3n) is 3.49. The van der Waals surface area contributed by atoms with E-state index in [9.17, 15) is 22.8 Å². The molecular formula is C14H14ClF3N2O2. The van der Waals surface area contributed by atoms with Crippen molar-refractivity contribution in [3.8, 4) is 0 Å². The number of nitrogens with zero attached hydrogens (tertiary/aromatic N) is 1. The zero-order valence-electron chi connectivity index (χ0n) is 11.5. The summed E-state index contributed by atoms with van der Waals surface area (Å²) < 4.78 is 37.0. The second-order valence-corrected chi connectivity index (χ2v) is 5.50. The van der Waals surface area contributed by atoms with Crippen molar-refractivity contribution in [1.82, 2.24) is 4.90 Å². The minimum atomic E-state index is -4.87. The quantitative estimate of drug-likeness (QED) is 0.903. The van der Waals surface area contributed by atoms with E-state index in [1.54, 1.807) is 24.3 Å². The summed E-state index contributed by atoms with van der Waals surface area (Å²) >= 11 is 5.81. The number of amides is 2. The number of alkyl halides is 3. The SMILES string of the molecule is O=C(Nc1cccc(Cl)c1)C1CCN(C(=O)C(F)(F)F)CC1. The highest BCUT2D eigenvalue weighted by Gasteiger charge is 2.43. The maximum absolute atomic E-state index is 12.3. The minimum Gasteiger partial charge on any atom is -0.335 e. The Morgan fingerprint density at radius 2 is 1.86 bits per heavy atom. The average Bonchev–Trinajstić information content (AvgIpc) is 2.45. The molecule has 2 amide bonds. The maximum Gasteiger partial charge on any atom is 0.471 e. The second kappa shape index (κ2) is 6.56. The Morgan fingerprint density at radius 1 is 1.23 bits per heavy atom. The number of benzene rings is 1. The van der Waals surface area contributed by atoms with E-state index in [-0.39, 0.29) is 31.8 Å². The number of carbonyl (C=O) groups is 2. The van der Waals surface area contributed by atoms with Crippen LogP contribution in [0.4, 0.5) is 18.9 Å². The number of hydrogen-bond acceptors (Lipinski definition) is 2. The standard InChI is InChI=1S/C14H14ClF3N2O2/c15-10-2-1-3-11(8-10)19-12(21)9-4-6-20(7-5-9)13(22)14(16,17)18/h1-3,8-9H,4-7H2,(H,19,21). The van der Waals surface area contributed by atoms with Crippen molar-refractivity contribution in [3.63, 3.8) is 0 Å². The second-order valence-electron chi connectivity index (χ2n) is 5.06. The molecule has 1 saturated heterocycles. The topological polar surface area (TPSA) is 49.4 Å². The number of nitrogens with one attached hydrogen (secondary N) is 1. The molecule has 1 heterocycles. The Balaban J connectivity index is 1.89. The summed E-state index contributed by atoms with van der Waals surface area (Å²) in [6.07, 6.45) is -4.46. The third kappa shape index (κ3) is 4.13. The summed E-state index contributed by atoms with van der Waals surface area (Å²) in [6.45, 7) is -0.155. The maximum atomic E-state index is 12.3. The van der Waals surface area contributed by atoms with Crippen molar-refractivity contribution < 1.29 is 22.8 Å². The van der Waals surface area contributed by atoms with Crippen LogP contribution in [0.25, 0.3) is 0 Å². The summed E-state index contributed by atoms with van der Waals surface area (Å²) in [7, 11) is 0. The first-order valence-electron chi connectivity index (χ1n) is 6.70. The molecule has 8 heteroatoms. The van der Waals surface area contributed by atoms with Gasteiger partial charge in [-0.3, -0.25) is 9.59 Å². The van der Waals surface area contributed by atoms with Crippen molar-refractivity contribution in [1.29, 1.82) is 0 Å². The molecule has 1 aliphatic rings. The number of piperidine rings is 1. The van der Waals surface area contributed by atoms with Crippen LogP contribution in [0.2, 0.25) is 5.02 Å². The van der Waals surface area contributed by atoms with Gasteiger partial charge in [-0.05, 0) is 31.0 Å². The molecule has 0 unspecified atom stereocenters. The molecule has 1 fully saturated rings. The van der Waals surface area contributed by atoms with Crippen molar-refractivity contribution in [2.75, 3.05) is 18.4 Å². The van der Waals surface area contributed by atoms with Crippen molar-refractivity contribution in [2.24, 2.45) is 5.92 Å². The normalized spacial score (nSPS) is 16.5. The van der Waals surface area contributed by atoms with Gasteiger partial charge in [0, 0.05) is 29.7 Å². The molecule has 4 nitrogen and oxygen atoms in total. The lowest BCUT2D eigenvalue weighted by Crippen LogP contribution is -2.46. The number of rotatable bonds is 2. The molecule has 1 aliphatic heterocycles. The number of hydrogen-bond donors (Lipinski definition) is 1. The highest BCUT2D eigenvalue weighted by molar-refractivity contribution is 6.30. The van der Waals surface area contributed by atoms with Gasteiger partial charge in [-0.25, -0.2) is 0 Å². The lowest BCUT2D eigenvalue weighted by molar-refractivity contribution is -0.186. The van der Waals surface area contributed by atoms with Gasteiger partial charge in [-0.1, -0.05) is 17.7 Å². The van der Waals surface area contributed by atoms with Gasteiger partial charge in [0.15, 0.2) is 0 Å². The van der Waals surface area contributed by atoms with E-state index in [0.29, 0.717) is 10.7 Å². The predicted octanol–water partition coefficient (Wildman–Crippen LogP) is 3.08. The molecular weight excluding hydrogens is 321 g/mol. The Hall–Kier alpha value is -1.76. The molecule has 0 aromatic heterocycles. The van der Waals surface area contributed by atoms with Crippen LogP contribution in [-0.2, 0) is 9.59 Å². The molecule has 0 saturated carbocycles. The van der Waals surface area contributed by atoms with Gasteiger partial charge >= 0.3 is 12.1 Å². The molecule has 1 aromatic rings. The Morgan fingerprint density at radius 3 is 2.41 bits per heavy atom. The smallest absolute Gasteiger partial charge is 0.335 e. The summed E-state index contributed by atoms with van der Waals surface area (Å²) in [5.74, 6) is -2.54. The van der Waals surface area contributed by atoms with E-state index in [1.807, 2.05) is 0 Å². The largest absolute Gasteiger partial charge is 0.471 e. The lowest BCUT2D eigenvalue weighted by Gasteiger charge is -2.31. The van der Waals surface area contributed by atoms with E-state index in [0.717, 1.165) is 4.90 Å². The molecule has 2 rings (SSSR count). The Labute approximate surface area is 130 Å². The van der Waals surface area contributed by atoms with E-state index in [2.05, 4.69) is 5.32 Å². The number of likely N-dealkylation sites (tertiary alicyclic amines) is 1. The van der Waals surface area contributed by atoms with Crippen LogP contribution in [0.1, 0.15) is 12.8 Å². The van der Waals surface area contributed by atoms with Crippen LogP contribution in [0.3, 0.4) is 0 Å². The van der Waals surface area contributed by atoms with Crippen LogP contribution in [0.5, 0.6) is 0 Å². The van der Waals surface area contributed by atoms with Crippen molar-refractivity contribution in [2.45, 2.75) is 19.0 Å². The average molecular weight is 335 g/mol. The van der Waals surface area contributed by atoms with Gasteiger partial charge < -0.3 is 10.2 Å². The van der Waals surface area contributed by atoms with Crippen LogP contribution in [0, 0.1) is 5.92 Å². The summed E-state index contributed by atoms with van der Waals surface area (Å²) in [4.78, 5) is 23.9. The number of anilines is 1. The van der Waals surface area contributed by atoms with Gasteiger partial charge in [0.25, 0.3) is 0 Å². The van der Waals surface area contributed by atoms with Crippen LogP contribution in [0.15, 0.2) is 24.3 Å². The van der Waals surface area contributed by atoms with E-state index < -0.39 is 18.0 Å². The highest BCUT2D eigenvalue weighted by Crippen LogP contribution is 2.25. The molecule has 0 radical (unpaired) electrons. The van der Waals surface area contributed by atoms with Gasteiger partial charge in [0.1, 0.15) is 0 Å². The summed E-state index contributed by atoms with van der Waals surface area (Å²) in [5, 5.41) is 3.15. The summed E-state index contributed by atoms with van der Waals surface area (Å²) in [6, 6.07) is 6.61. The number of halogens is 4. The van der Waals surface area contributed by atoms with E-state index in [4.69, 9.17) is 11.6 Å². The molecule has 120 valence electrons. The zero-order chi connectivity index (χ0) is 16.3. The zero-order valence-corrected chi connectivity index (χ0v) is 12.2. The molecule has 0 spiro atoms. The Kier molecular flexibility index (Phi) is 4.95. The lowest BCUT2D eigenvalue weighted by atomic mass is 9.95. The molecule has 22 heavy (non-hydrogen) atoms. The molecule has 0 aliphatic carbocycles. The fourth-order valence-electron chi connectivity index (χ4n) is 2.33. The fraction of sp³-hybridized carbons (Fsp3) is 0.429. The first-order valence-corrected chi connectivity index (χ1v) is 7.07. The minimum absolute atomic E-state index is 0.0774. The van der Waals surface area contributed by atoms with Gasteiger partial charge in [-0.15, -0.1) is 0 Å².